The maximum atomic E-state index is 11.5. The van der Waals surface area contributed by atoms with Gasteiger partial charge in [-0.1, -0.05) is 24.3 Å². The summed E-state index contributed by atoms with van der Waals surface area (Å²) >= 11 is 0. The number of hydrogen-bond acceptors (Lipinski definition) is 3. The number of nitrogens with one attached hydrogen (secondary N) is 2. The first kappa shape index (κ1) is 13.7. The molecular weight excluding hydrogens is 216 g/mol. The van der Waals surface area contributed by atoms with E-state index in [2.05, 4.69) is 10.6 Å². The summed E-state index contributed by atoms with van der Waals surface area (Å²) in [5.74, 6) is 0.0616. The summed E-state index contributed by atoms with van der Waals surface area (Å²) in [5.41, 5.74) is 2.22. The third-order valence-corrected chi connectivity index (χ3v) is 2.50. The summed E-state index contributed by atoms with van der Waals surface area (Å²) < 4.78 is 5.12. The fraction of sp³-hybridized carbons (Fsp3) is 0.462. The summed E-state index contributed by atoms with van der Waals surface area (Å²) in [4.78, 5) is 11.5. The number of benzene rings is 1. The Morgan fingerprint density at radius 3 is 2.65 bits per heavy atom. The molecule has 0 saturated heterocycles. The monoisotopic (exact) mass is 236 g/mol. The van der Waals surface area contributed by atoms with Gasteiger partial charge in [0, 0.05) is 26.6 Å². The van der Waals surface area contributed by atoms with E-state index in [9.17, 15) is 4.79 Å². The number of carbonyl (C=O) groups excluding carboxylic acids is 1. The molecule has 1 amide bonds. The molecule has 0 aliphatic carbocycles. The van der Waals surface area contributed by atoms with E-state index in [0.717, 1.165) is 11.1 Å². The van der Waals surface area contributed by atoms with Crippen LogP contribution in [0.1, 0.15) is 17.5 Å². The highest BCUT2D eigenvalue weighted by Crippen LogP contribution is 2.09. The standard InChI is InChI=1S/C13H20N2O2/c1-14-8-7-13(16)15-9-11-5-3-4-6-12(11)10-17-2/h3-6,14H,7-10H2,1-2H3,(H,15,16). The van der Waals surface area contributed by atoms with E-state index in [1.807, 2.05) is 31.3 Å². The van der Waals surface area contributed by atoms with Crippen LogP contribution in [0.2, 0.25) is 0 Å². The highest BCUT2D eigenvalue weighted by Gasteiger charge is 2.04. The molecule has 1 aromatic carbocycles. The second-order valence-electron chi connectivity index (χ2n) is 3.83. The van der Waals surface area contributed by atoms with E-state index in [-0.39, 0.29) is 5.91 Å². The molecule has 0 aliphatic rings. The van der Waals surface area contributed by atoms with E-state index >= 15 is 0 Å². The molecule has 0 aliphatic heterocycles. The molecule has 2 N–H and O–H groups in total. The van der Waals surface area contributed by atoms with Gasteiger partial charge in [0.2, 0.25) is 5.91 Å². The van der Waals surface area contributed by atoms with Gasteiger partial charge in [-0.15, -0.1) is 0 Å². The van der Waals surface area contributed by atoms with Gasteiger partial charge in [0.15, 0.2) is 0 Å². The second kappa shape index (κ2) is 7.81. The number of rotatable bonds is 7. The van der Waals surface area contributed by atoms with Crippen molar-refractivity contribution in [1.82, 2.24) is 10.6 Å². The van der Waals surface area contributed by atoms with Crippen molar-refractivity contribution in [2.24, 2.45) is 0 Å². The largest absolute Gasteiger partial charge is 0.380 e. The Morgan fingerprint density at radius 1 is 1.29 bits per heavy atom. The lowest BCUT2D eigenvalue weighted by Gasteiger charge is -2.10. The molecule has 0 bridgehead atoms. The van der Waals surface area contributed by atoms with Crippen LogP contribution in [0.4, 0.5) is 0 Å². The van der Waals surface area contributed by atoms with Crippen LogP contribution < -0.4 is 10.6 Å². The van der Waals surface area contributed by atoms with E-state index in [1.165, 1.54) is 0 Å². The van der Waals surface area contributed by atoms with Gasteiger partial charge in [0.1, 0.15) is 0 Å². The average molecular weight is 236 g/mol. The molecule has 0 heterocycles. The average Bonchev–Trinajstić information content (AvgIpc) is 2.35. The molecule has 0 saturated carbocycles. The van der Waals surface area contributed by atoms with Crippen molar-refractivity contribution in [3.8, 4) is 0 Å². The van der Waals surface area contributed by atoms with Crippen molar-refractivity contribution >= 4 is 5.91 Å². The van der Waals surface area contributed by atoms with Gasteiger partial charge in [-0.25, -0.2) is 0 Å². The summed E-state index contributed by atoms with van der Waals surface area (Å²) in [6.07, 6.45) is 0.503. The van der Waals surface area contributed by atoms with Crippen LogP contribution in [0.15, 0.2) is 24.3 Å². The van der Waals surface area contributed by atoms with Gasteiger partial charge >= 0.3 is 0 Å². The van der Waals surface area contributed by atoms with Crippen LogP contribution in [0.3, 0.4) is 0 Å². The predicted octanol–water partition coefficient (Wildman–Crippen LogP) is 1.06. The van der Waals surface area contributed by atoms with Crippen LogP contribution in [-0.4, -0.2) is 26.6 Å². The van der Waals surface area contributed by atoms with Crippen molar-refractivity contribution in [2.45, 2.75) is 19.6 Å². The number of methoxy groups -OCH3 is 1. The van der Waals surface area contributed by atoms with Crippen molar-refractivity contribution in [3.63, 3.8) is 0 Å². The molecular formula is C13H20N2O2. The van der Waals surface area contributed by atoms with Crippen LogP contribution in [0.5, 0.6) is 0 Å². The quantitative estimate of drug-likeness (QED) is 0.744. The Morgan fingerprint density at radius 2 is 2.00 bits per heavy atom. The normalized spacial score (nSPS) is 10.2. The Hall–Kier alpha value is -1.39. The number of ether oxygens (including phenoxy) is 1. The molecule has 4 nitrogen and oxygen atoms in total. The van der Waals surface area contributed by atoms with Crippen LogP contribution >= 0.6 is 0 Å². The molecule has 4 heteroatoms. The number of amides is 1. The lowest BCUT2D eigenvalue weighted by molar-refractivity contribution is -0.121. The molecule has 0 aromatic heterocycles. The van der Waals surface area contributed by atoms with Crippen molar-refractivity contribution < 1.29 is 9.53 Å². The molecule has 17 heavy (non-hydrogen) atoms. The first-order valence-electron chi connectivity index (χ1n) is 5.75. The molecule has 0 radical (unpaired) electrons. The molecule has 94 valence electrons. The molecule has 0 fully saturated rings. The highest BCUT2D eigenvalue weighted by molar-refractivity contribution is 5.76. The first-order chi connectivity index (χ1) is 8.27. The Labute approximate surface area is 102 Å². The minimum atomic E-state index is 0.0616. The van der Waals surface area contributed by atoms with E-state index in [0.29, 0.717) is 26.1 Å². The summed E-state index contributed by atoms with van der Waals surface area (Å²) in [7, 11) is 3.50. The molecule has 1 rings (SSSR count). The minimum absolute atomic E-state index is 0.0616. The molecule has 0 spiro atoms. The molecule has 0 atom stereocenters. The van der Waals surface area contributed by atoms with E-state index in [4.69, 9.17) is 4.74 Å². The van der Waals surface area contributed by atoms with Crippen molar-refractivity contribution in [1.29, 1.82) is 0 Å². The lowest BCUT2D eigenvalue weighted by Crippen LogP contribution is -2.26. The summed E-state index contributed by atoms with van der Waals surface area (Å²) in [6, 6.07) is 7.96. The molecule has 0 unspecified atom stereocenters. The zero-order chi connectivity index (χ0) is 12.5. The van der Waals surface area contributed by atoms with Gasteiger partial charge in [-0.05, 0) is 18.2 Å². The van der Waals surface area contributed by atoms with E-state index in [1.54, 1.807) is 7.11 Å². The number of carbonyl (C=O) groups is 1. The lowest BCUT2D eigenvalue weighted by atomic mass is 10.1. The summed E-state index contributed by atoms with van der Waals surface area (Å²) in [5, 5.41) is 5.85. The van der Waals surface area contributed by atoms with Gasteiger partial charge in [0.05, 0.1) is 6.61 Å². The van der Waals surface area contributed by atoms with Crippen LogP contribution in [-0.2, 0) is 22.7 Å². The fourth-order valence-corrected chi connectivity index (χ4v) is 1.55. The Kier molecular flexibility index (Phi) is 6.29. The van der Waals surface area contributed by atoms with Gasteiger partial charge < -0.3 is 15.4 Å². The second-order valence-corrected chi connectivity index (χ2v) is 3.83. The molecule has 1 aromatic rings. The Balaban J connectivity index is 2.47. The first-order valence-corrected chi connectivity index (χ1v) is 5.75. The SMILES string of the molecule is CNCCC(=O)NCc1ccccc1COC. The van der Waals surface area contributed by atoms with Gasteiger partial charge in [0.25, 0.3) is 0 Å². The smallest absolute Gasteiger partial charge is 0.221 e. The highest BCUT2D eigenvalue weighted by atomic mass is 16.5. The summed E-state index contributed by atoms with van der Waals surface area (Å²) in [6.45, 7) is 1.83. The number of hydrogen-bond donors (Lipinski definition) is 2. The maximum absolute atomic E-state index is 11.5. The van der Waals surface area contributed by atoms with E-state index < -0.39 is 0 Å². The predicted molar refractivity (Wildman–Crippen MR) is 67.5 cm³/mol. The fourth-order valence-electron chi connectivity index (χ4n) is 1.55. The van der Waals surface area contributed by atoms with Crippen molar-refractivity contribution in [2.75, 3.05) is 20.7 Å². The zero-order valence-corrected chi connectivity index (χ0v) is 10.5. The maximum Gasteiger partial charge on any atom is 0.221 e. The zero-order valence-electron chi connectivity index (χ0n) is 10.5. The van der Waals surface area contributed by atoms with Crippen LogP contribution in [0.25, 0.3) is 0 Å². The minimum Gasteiger partial charge on any atom is -0.380 e. The van der Waals surface area contributed by atoms with Gasteiger partial charge in [-0.2, -0.15) is 0 Å². The van der Waals surface area contributed by atoms with Crippen molar-refractivity contribution in [3.05, 3.63) is 35.4 Å². The van der Waals surface area contributed by atoms with Gasteiger partial charge in [-0.3, -0.25) is 4.79 Å². The topological polar surface area (TPSA) is 50.4 Å². The third kappa shape index (κ3) is 4.97. The van der Waals surface area contributed by atoms with Crippen LogP contribution in [0, 0.1) is 0 Å². The Bertz CT molecular complexity index is 353. The third-order valence-electron chi connectivity index (χ3n) is 2.50.